The minimum atomic E-state index is -0.962. The lowest BCUT2D eigenvalue weighted by molar-refractivity contribution is -0.120. The number of anilines is 3. The van der Waals surface area contributed by atoms with Gasteiger partial charge in [0, 0.05) is 48.5 Å². The molecule has 2 aromatic rings. The van der Waals surface area contributed by atoms with Gasteiger partial charge in [-0.2, -0.15) is 0 Å². The maximum Gasteiger partial charge on any atom is 0.321 e. The van der Waals surface area contributed by atoms with E-state index in [1.807, 2.05) is 35.2 Å². The van der Waals surface area contributed by atoms with E-state index in [1.165, 1.54) is 70.1 Å². The Morgan fingerprint density at radius 3 is 2.28 bits per heavy atom. The molecule has 8 nitrogen and oxygen atoms in total. The Morgan fingerprint density at radius 1 is 0.860 bits per heavy atom. The SMILES string of the molecule is CCCN1C(=O)[C@@H](NC(=O)Nc2ccc(N3CCC(N4CCCCC4)CC3)cc2)N=C(C2CCCCC2)c2ccccc21. The van der Waals surface area contributed by atoms with Gasteiger partial charge in [-0.05, 0) is 88.4 Å². The second-order valence-corrected chi connectivity index (χ2v) is 12.7. The maximum absolute atomic E-state index is 13.8. The highest BCUT2D eigenvalue weighted by atomic mass is 16.2. The van der Waals surface area contributed by atoms with Crippen LogP contribution in [-0.4, -0.2) is 67.5 Å². The molecular weight excluding hydrogens is 536 g/mol. The quantitative estimate of drug-likeness (QED) is 0.394. The van der Waals surface area contributed by atoms with Crippen LogP contribution in [-0.2, 0) is 4.79 Å². The first-order valence-electron chi connectivity index (χ1n) is 16.8. The van der Waals surface area contributed by atoms with Crippen LogP contribution in [0, 0.1) is 5.92 Å². The number of benzodiazepines with no additional fused rings is 1. The van der Waals surface area contributed by atoms with Crippen molar-refractivity contribution in [1.29, 1.82) is 0 Å². The predicted molar refractivity (Wildman–Crippen MR) is 175 cm³/mol. The summed E-state index contributed by atoms with van der Waals surface area (Å²) in [6.07, 6.45) is 12.1. The molecule has 1 atom stereocenters. The molecule has 3 aliphatic heterocycles. The van der Waals surface area contributed by atoms with E-state index in [4.69, 9.17) is 4.99 Å². The predicted octanol–water partition coefficient (Wildman–Crippen LogP) is 6.42. The molecule has 2 aromatic carbocycles. The number of rotatable bonds is 7. The molecule has 4 aliphatic rings. The second kappa shape index (κ2) is 13.9. The van der Waals surface area contributed by atoms with Crippen molar-refractivity contribution in [1.82, 2.24) is 10.2 Å². The van der Waals surface area contributed by atoms with E-state index in [0.717, 1.165) is 55.4 Å². The number of hydrogen-bond donors (Lipinski definition) is 2. The zero-order chi connectivity index (χ0) is 29.6. The number of hydrogen-bond acceptors (Lipinski definition) is 5. The normalized spacial score (nSPS) is 22.5. The minimum Gasteiger partial charge on any atom is -0.371 e. The molecule has 0 spiro atoms. The molecule has 0 unspecified atom stereocenters. The zero-order valence-corrected chi connectivity index (χ0v) is 25.8. The number of nitrogens with zero attached hydrogens (tertiary/aromatic N) is 4. The van der Waals surface area contributed by atoms with Gasteiger partial charge in [0.05, 0.1) is 11.4 Å². The van der Waals surface area contributed by atoms with E-state index in [-0.39, 0.29) is 5.91 Å². The molecule has 3 fully saturated rings. The highest BCUT2D eigenvalue weighted by molar-refractivity contribution is 6.14. The maximum atomic E-state index is 13.8. The number of urea groups is 1. The van der Waals surface area contributed by atoms with Crippen LogP contribution in [0.15, 0.2) is 53.5 Å². The first-order chi connectivity index (χ1) is 21.1. The Labute approximate surface area is 256 Å². The van der Waals surface area contributed by atoms with Crippen LogP contribution in [0.5, 0.6) is 0 Å². The molecule has 2 N–H and O–H groups in total. The number of fused-ring (bicyclic) bond motifs is 1. The van der Waals surface area contributed by atoms with E-state index >= 15 is 0 Å². The molecule has 230 valence electrons. The lowest BCUT2D eigenvalue weighted by Gasteiger charge is -2.41. The van der Waals surface area contributed by atoms with E-state index in [2.05, 4.69) is 45.6 Å². The molecule has 2 saturated heterocycles. The second-order valence-electron chi connectivity index (χ2n) is 12.7. The lowest BCUT2D eigenvalue weighted by atomic mass is 9.83. The van der Waals surface area contributed by atoms with Crippen LogP contribution in [0.3, 0.4) is 0 Å². The Kier molecular flexibility index (Phi) is 9.61. The molecule has 1 saturated carbocycles. The molecular formula is C35H48N6O2. The first kappa shape index (κ1) is 29.7. The van der Waals surface area contributed by atoms with Crippen molar-refractivity contribution in [3.8, 4) is 0 Å². The summed E-state index contributed by atoms with van der Waals surface area (Å²) < 4.78 is 0. The molecule has 0 bridgehead atoms. The Morgan fingerprint density at radius 2 is 1.56 bits per heavy atom. The van der Waals surface area contributed by atoms with Crippen LogP contribution in [0.25, 0.3) is 0 Å². The fourth-order valence-corrected chi connectivity index (χ4v) is 7.53. The summed E-state index contributed by atoms with van der Waals surface area (Å²) in [6, 6.07) is 16.5. The molecule has 3 heterocycles. The number of para-hydroxylation sites is 1. The summed E-state index contributed by atoms with van der Waals surface area (Å²) in [5, 5.41) is 5.88. The van der Waals surface area contributed by atoms with Gasteiger partial charge in [-0.1, -0.05) is 50.8 Å². The van der Waals surface area contributed by atoms with Crippen LogP contribution in [0.4, 0.5) is 21.9 Å². The average molecular weight is 585 g/mol. The van der Waals surface area contributed by atoms with Gasteiger partial charge in [0.1, 0.15) is 0 Å². The van der Waals surface area contributed by atoms with Crippen molar-refractivity contribution in [3.63, 3.8) is 0 Å². The standard InChI is InChI=1S/C35H48N6O2/c1-2-21-41-31-14-8-7-13-30(31)32(26-11-5-3-6-12-26)37-33(34(41)42)38-35(43)36-27-15-17-28(18-16-27)40-24-19-29(20-25-40)39-22-9-4-10-23-39/h7-8,13-18,26,29,33H,2-6,9-12,19-25H2,1H3,(H2,36,38,43)/t33-/m1/s1. The van der Waals surface area contributed by atoms with Crippen LogP contribution in [0.2, 0.25) is 0 Å². The van der Waals surface area contributed by atoms with Crippen molar-refractivity contribution in [2.75, 3.05) is 47.8 Å². The van der Waals surface area contributed by atoms with Gasteiger partial charge in [0.2, 0.25) is 6.17 Å². The molecule has 0 radical (unpaired) electrons. The third-order valence-corrected chi connectivity index (χ3v) is 9.81. The number of amides is 3. The van der Waals surface area contributed by atoms with Crippen molar-refractivity contribution in [2.24, 2.45) is 10.9 Å². The van der Waals surface area contributed by atoms with Crippen molar-refractivity contribution >= 4 is 34.7 Å². The summed E-state index contributed by atoms with van der Waals surface area (Å²) in [4.78, 5) is 39.0. The Balaban J connectivity index is 1.12. The third kappa shape index (κ3) is 6.90. The smallest absolute Gasteiger partial charge is 0.321 e. The zero-order valence-electron chi connectivity index (χ0n) is 25.8. The summed E-state index contributed by atoms with van der Waals surface area (Å²) in [6.45, 7) is 7.30. The van der Waals surface area contributed by atoms with Crippen LogP contribution < -0.4 is 20.4 Å². The summed E-state index contributed by atoms with van der Waals surface area (Å²) in [7, 11) is 0. The first-order valence-corrected chi connectivity index (χ1v) is 16.8. The van der Waals surface area contributed by atoms with Gasteiger partial charge >= 0.3 is 6.03 Å². The Bertz CT molecular complexity index is 1270. The van der Waals surface area contributed by atoms with Gasteiger partial charge < -0.3 is 25.3 Å². The van der Waals surface area contributed by atoms with Gasteiger partial charge in [-0.15, -0.1) is 0 Å². The van der Waals surface area contributed by atoms with Crippen molar-refractivity contribution < 1.29 is 9.59 Å². The summed E-state index contributed by atoms with van der Waals surface area (Å²) in [5.41, 5.74) is 4.78. The van der Waals surface area contributed by atoms with Gasteiger partial charge in [0.15, 0.2) is 0 Å². The third-order valence-electron chi connectivity index (χ3n) is 9.81. The number of carbonyl (C=O) groups is 2. The number of nitrogens with one attached hydrogen (secondary N) is 2. The molecule has 0 aromatic heterocycles. The molecule has 8 heteroatoms. The molecule has 1 aliphatic carbocycles. The molecule has 6 rings (SSSR count). The minimum absolute atomic E-state index is 0.182. The fourth-order valence-electron chi connectivity index (χ4n) is 7.53. The van der Waals surface area contributed by atoms with Gasteiger partial charge in [-0.25, -0.2) is 4.79 Å². The fraction of sp³-hybridized carbons (Fsp3) is 0.571. The number of carbonyl (C=O) groups excluding carboxylic acids is 2. The van der Waals surface area contributed by atoms with E-state index in [0.29, 0.717) is 18.2 Å². The van der Waals surface area contributed by atoms with E-state index in [9.17, 15) is 9.59 Å². The summed E-state index contributed by atoms with van der Waals surface area (Å²) >= 11 is 0. The summed E-state index contributed by atoms with van der Waals surface area (Å²) in [5.74, 6) is 0.118. The highest BCUT2D eigenvalue weighted by Crippen LogP contribution is 2.34. The number of piperidine rings is 2. The van der Waals surface area contributed by atoms with E-state index in [1.54, 1.807) is 0 Å². The average Bonchev–Trinajstić information content (AvgIpc) is 3.17. The highest BCUT2D eigenvalue weighted by Gasteiger charge is 2.35. The van der Waals surface area contributed by atoms with Crippen LogP contribution in [0.1, 0.15) is 83.1 Å². The Hall–Kier alpha value is -3.39. The van der Waals surface area contributed by atoms with E-state index < -0.39 is 12.2 Å². The van der Waals surface area contributed by atoms with Crippen LogP contribution >= 0.6 is 0 Å². The lowest BCUT2D eigenvalue weighted by Crippen LogP contribution is -2.49. The molecule has 3 amide bonds. The molecule has 43 heavy (non-hydrogen) atoms. The number of benzene rings is 2. The largest absolute Gasteiger partial charge is 0.371 e. The van der Waals surface area contributed by atoms with Gasteiger partial charge in [-0.3, -0.25) is 9.79 Å². The van der Waals surface area contributed by atoms with Crippen molar-refractivity contribution in [2.45, 2.75) is 89.8 Å². The van der Waals surface area contributed by atoms with Gasteiger partial charge in [0.25, 0.3) is 5.91 Å². The number of aliphatic imine (C=N–C) groups is 1. The van der Waals surface area contributed by atoms with Crippen molar-refractivity contribution in [3.05, 3.63) is 54.1 Å². The monoisotopic (exact) mass is 584 g/mol. The number of likely N-dealkylation sites (tertiary alicyclic amines) is 1. The topological polar surface area (TPSA) is 80.3 Å².